The molecule has 0 saturated carbocycles. The highest BCUT2D eigenvalue weighted by Crippen LogP contribution is 2.21. The Balaban J connectivity index is 1.83. The second-order valence-electron chi connectivity index (χ2n) is 5.66. The van der Waals surface area contributed by atoms with E-state index in [0.29, 0.717) is 13.0 Å². The SMILES string of the molecule is CC(C)NC(=O)CCNC1CCc2ccccc2NC1=O. The van der Waals surface area contributed by atoms with Gasteiger partial charge in [0.2, 0.25) is 11.8 Å². The molecular weight excluding hydrogens is 266 g/mol. The van der Waals surface area contributed by atoms with Crippen LogP contribution in [0.4, 0.5) is 5.69 Å². The topological polar surface area (TPSA) is 70.2 Å². The van der Waals surface area contributed by atoms with Crippen molar-refractivity contribution in [2.75, 3.05) is 11.9 Å². The maximum absolute atomic E-state index is 12.2. The number of benzene rings is 1. The van der Waals surface area contributed by atoms with Crippen LogP contribution in [0.1, 0.15) is 32.3 Å². The maximum atomic E-state index is 12.2. The van der Waals surface area contributed by atoms with Gasteiger partial charge < -0.3 is 16.0 Å². The summed E-state index contributed by atoms with van der Waals surface area (Å²) in [5.74, 6) is -0.0148. The van der Waals surface area contributed by atoms with Crippen LogP contribution in [0, 0.1) is 0 Å². The third-order valence-corrected chi connectivity index (χ3v) is 3.49. The fraction of sp³-hybridized carbons (Fsp3) is 0.500. The summed E-state index contributed by atoms with van der Waals surface area (Å²) >= 11 is 0. The van der Waals surface area contributed by atoms with Crippen LogP contribution >= 0.6 is 0 Å². The molecule has 1 aromatic carbocycles. The van der Waals surface area contributed by atoms with Crippen molar-refractivity contribution < 1.29 is 9.59 Å². The molecule has 1 aliphatic heterocycles. The van der Waals surface area contributed by atoms with Crippen molar-refractivity contribution >= 4 is 17.5 Å². The number of nitrogens with one attached hydrogen (secondary N) is 3. The molecule has 0 spiro atoms. The number of fused-ring (bicyclic) bond motifs is 1. The van der Waals surface area contributed by atoms with Crippen LogP contribution in [-0.2, 0) is 16.0 Å². The van der Waals surface area contributed by atoms with E-state index in [0.717, 1.165) is 24.1 Å². The van der Waals surface area contributed by atoms with Crippen LogP contribution in [0.15, 0.2) is 24.3 Å². The molecule has 5 heteroatoms. The molecular formula is C16H23N3O2. The predicted molar refractivity (Wildman–Crippen MR) is 83.1 cm³/mol. The van der Waals surface area contributed by atoms with Crippen molar-refractivity contribution in [3.05, 3.63) is 29.8 Å². The molecule has 0 fully saturated rings. The molecule has 5 nitrogen and oxygen atoms in total. The summed E-state index contributed by atoms with van der Waals surface area (Å²) in [5, 5.41) is 8.96. The third kappa shape index (κ3) is 4.56. The fourth-order valence-corrected chi connectivity index (χ4v) is 2.46. The molecule has 0 aliphatic carbocycles. The minimum atomic E-state index is -0.246. The molecule has 0 bridgehead atoms. The molecule has 1 aliphatic rings. The molecule has 2 rings (SSSR count). The quantitative estimate of drug-likeness (QED) is 0.768. The Morgan fingerprint density at radius 2 is 2.14 bits per heavy atom. The maximum Gasteiger partial charge on any atom is 0.241 e. The summed E-state index contributed by atoms with van der Waals surface area (Å²) in [7, 11) is 0. The second kappa shape index (κ2) is 7.22. The van der Waals surface area contributed by atoms with Gasteiger partial charge in [-0.1, -0.05) is 18.2 Å². The number of aryl methyl sites for hydroxylation is 1. The molecule has 1 aromatic rings. The highest BCUT2D eigenvalue weighted by molar-refractivity contribution is 5.96. The van der Waals surface area contributed by atoms with Gasteiger partial charge in [-0.3, -0.25) is 9.59 Å². The highest BCUT2D eigenvalue weighted by Gasteiger charge is 2.22. The zero-order valence-corrected chi connectivity index (χ0v) is 12.6. The average Bonchev–Trinajstić information content (AvgIpc) is 2.57. The van der Waals surface area contributed by atoms with Crippen molar-refractivity contribution in [2.24, 2.45) is 0 Å². The lowest BCUT2D eigenvalue weighted by molar-refractivity contribution is -0.122. The van der Waals surface area contributed by atoms with Crippen LogP contribution < -0.4 is 16.0 Å². The molecule has 21 heavy (non-hydrogen) atoms. The van der Waals surface area contributed by atoms with Crippen LogP contribution in [0.3, 0.4) is 0 Å². The number of hydrogen-bond acceptors (Lipinski definition) is 3. The number of para-hydroxylation sites is 1. The molecule has 114 valence electrons. The van der Waals surface area contributed by atoms with E-state index in [1.165, 1.54) is 0 Å². The Morgan fingerprint density at radius 3 is 2.90 bits per heavy atom. The molecule has 0 aromatic heterocycles. The number of rotatable bonds is 5. The van der Waals surface area contributed by atoms with E-state index in [-0.39, 0.29) is 23.9 Å². The van der Waals surface area contributed by atoms with Crippen LogP contribution in [0.25, 0.3) is 0 Å². The van der Waals surface area contributed by atoms with Gasteiger partial charge in [-0.2, -0.15) is 0 Å². The largest absolute Gasteiger partial charge is 0.354 e. The van der Waals surface area contributed by atoms with E-state index in [2.05, 4.69) is 16.0 Å². The van der Waals surface area contributed by atoms with Crippen molar-refractivity contribution in [2.45, 2.75) is 45.2 Å². The van der Waals surface area contributed by atoms with Crippen molar-refractivity contribution in [3.63, 3.8) is 0 Å². The highest BCUT2D eigenvalue weighted by atomic mass is 16.2. The van der Waals surface area contributed by atoms with E-state index in [1.54, 1.807) is 0 Å². The van der Waals surface area contributed by atoms with Gasteiger partial charge in [-0.05, 0) is 38.3 Å². The zero-order chi connectivity index (χ0) is 15.2. The Bertz CT molecular complexity index is 514. The Hall–Kier alpha value is -1.88. The zero-order valence-electron chi connectivity index (χ0n) is 12.6. The normalized spacial score (nSPS) is 17.9. The number of hydrogen-bond donors (Lipinski definition) is 3. The van der Waals surface area contributed by atoms with E-state index < -0.39 is 0 Å². The second-order valence-corrected chi connectivity index (χ2v) is 5.66. The van der Waals surface area contributed by atoms with E-state index in [1.807, 2.05) is 38.1 Å². The number of carbonyl (C=O) groups excluding carboxylic acids is 2. The molecule has 1 atom stereocenters. The van der Waals surface area contributed by atoms with Gasteiger partial charge in [0.1, 0.15) is 0 Å². The first-order chi connectivity index (χ1) is 10.1. The Morgan fingerprint density at radius 1 is 1.38 bits per heavy atom. The van der Waals surface area contributed by atoms with Gasteiger partial charge in [-0.15, -0.1) is 0 Å². The minimum Gasteiger partial charge on any atom is -0.354 e. The predicted octanol–water partition coefficient (Wildman–Crippen LogP) is 1.44. The van der Waals surface area contributed by atoms with Gasteiger partial charge in [0.15, 0.2) is 0 Å². The Labute approximate surface area is 125 Å². The molecule has 1 unspecified atom stereocenters. The minimum absolute atomic E-state index is 0.00909. The van der Waals surface area contributed by atoms with E-state index in [4.69, 9.17) is 0 Å². The molecule has 0 radical (unpaired) electrons. The van der Waals surface area contributed by atoms with Gasteiger partial charge in [0, 0.05) is 24.7 Å². The number of carbonyl (C=O) groups is 2. The van der Waals surface area contributed by atoms with Gasteiger partial charge in [0.05, 0.1) is 6.04 Å². The first-order valence-electron chi connectivity index (χ1n) is 7.48. The molecule has 0 saturated heterocycles. The van der Waals surface area contributed by atoms with Gasteiger partial charge >= 0.3 is 0 Å². The van der Waals surface area contributed by atoms with E-state index in [9.17, 15) is 9.59 Å². The lowest BCUT2D eigenvalue weighted by Crippen LogP contribution is -2.42. The van der Waals surface area contributed by atoms with Crippen LogP contribution in [0.2, 0.25) is 0 Å². The standard InChI is InChI=1S/C16H23N3O2/c1-11(2)18-15(20)9-10-17-14-8-7-12-5-3-4-6-13(12)19-16(14)21/h3-6,11,14,17H,7-10H2,1-2H3,(H,18,20)(H,19,21). The first kappa shape index (κ1) is 15.5. The summed E-state index contributed by atoms with van der Waals surface area (Å²) in [6, 6.07) is 7.76. The molecule has 2 amide bonds. The average molecular weight is 289 g/mol. The fourth-order valence-electron chi connectivity index (χ4n) is 2.46. The van der Waals surface area contributed by atoms with Crippen LogP contribution in [0.5, 0.6) is 0 Å². The lowest BCUT2D eigenvalue weighted by atomic mass is 10.1. The first-order valence-corrected chi connectivity index (χ1v) is 7.48. The number of amides is 2. The smallest absolute Gasteiger partial charge is 0.241 e. The number of anilines is 1. The van der Waals surface area contributed by atoms with Crippen molar-refractivity contribution in [1.29, 1.82) is 0 Å². The summed E-state index contributed by atoms with van der Waals surface area (Å²) in [4.78, 5) is 23.7. The monoisotopic (exact) mass is 289 g/mol. The summed E-state index contributed by atoms with van der Waals surface area (Å²) in [6.07, 6.45) is 1.98. The summed E-state index contributed by atoms with van der Waals surface area (Å²) in [5.41, 5.74) is 2.05. The summed E-state index contributed by atoms with van der Waals surface area (Å²) < 4.78 is 0. The van der Waals surface area contributed by atoms with Crippen LogP contribution in [-0.4, -0.2) is 30.4 Å². The Kier molecular flexibility index (Phi) is 5.33. The van der Waals surface area contributed by atoms with Crippen molar-refractivity contribution in [3.8, 4) is 0 Å². The molecule has 1 heterocycles. The third-order valence-electron chi connectivity index (χ3n) is 3.49. The molecule has 3 N–H and O–H groups in total. The van der Waals surface area contributed by atoms with Gasteiger partial charge in [0.25, 0.3) is 0 Å². The van der Waals surface area contributed by atoms with Crippen molar-refractivity contribution in [1.82, 2.24) is 10.6 Å². The lowest BCUT2D eigenvalue weighted by Gasteiger charge is -2.15. The van der Waals surface area contributed by atoms with Gasteiger partial charge in [-0.25, -0.2) is 0 Å². The van der Waals surface area contributed by atoms with E-state index >= 15 is 0 Å². The summed E-state index contributed by atoms with van der Waals surface area (Å²) in [6.45, 7) is 4.37.